The van der Waals surface area contributed by atoms with E-state index in [1.165, 1.54) is 23.1 Å². The van der Waals surface area contributed by atoms with Crippen LogP contribution in [0.15, 0.2) is 48.7 Å². The Morgan fingerprint density at radius 1 is 1.29 bits per heavy atom. The number of carboxylic acid groups (broad SMARTS) is 1. The van der Waals surface area contributed by atoms with Crippen molar-refractivity contribution < 1.29 is 14.3 Å². The van der Waals surface area contributed by atoms with Gasteiger partial charge in [-0.1, -0.05) is 12.1 Å². The molecule has 3 rings (SSSR count). The number of carbonyl (C=O) groups is 1. The van der Waals surface area contributed by atoms with Gasteiger partial charge < -0.3 is 5.11 Å². The Morgan fingerprint density at radius 3 is 2.81 bits per heavy atom. The molecular formula is C15H12FN3O2. The molecule has 1 N–H and O–H groups in total. The number of anilines is 1. The van der Waals surface area contributed by atoms with Gasteiger partial charge in [0.2, 0.25) is 0 Å². The predicted octanol–water partition coefficient (Wildman–Crippen LogP) is 3.43. The predicted molar refractivity (Wildman–Crippen MR) is 76.8 cm³/mol. The zero-order valence-corrected chi connectivity index (χ0v) is 11.2. The summed E-state index contributed by atoms with van der Waals surface area (Å²) in [5, 5.41) is 15.2. The fourth-order valence-corrected chi connectivity index (χ4v) is 2.20. The molecule has 2 aromatic carbocycles. The largest absolute Gasteiger partial charge is 0.463 e. The first kappa shape index (κ1) is 13.1. The van der Waals surface area contributed by atoms with Gasteiger partial charge in [-0.2, -0.15) is 14.9 Å². The van der Waals surface area contributed by atoms with Gasteiger partial charge in [0.1, 0.15) is 5.82 Å². The van der Waals surface area contributed by atoms with Crippen LogP contribution < -0.4 is 5.01 Å². The van der Waals surface area contributed by atoms with Gasteiger partial charge in [-0.05, 0) is 36.8 Å². The van der Waals surface area contributed by atoms with Crippen LogP contribution in [-0.4, -0.2) is 21.1 Å². The van der Waals surface area contributed by atoms with E-state index in [0.29, 0.717) is 16.6 Å². The Hall–Kier alpha value is -2.89. The minimum Gasteiger partial charge on any atom is -0.463 e. The summed E-state index contributed by atoms with van der Waals surface area (Å²) in [7, 11) is 0. The van der Waals surface area contributed by atoms with Crippen LogP contribution in [0.2, 0.25) is 0 Å². The van der Waals surface area contributed by atoms with Crippen molar-refractivity contribution in [3.8, 4) is 0 Å². The Bertz CT molecular complexity index is 829. The van der Waals surface area contributed by atoms with Gasteiger partial charge >= 0.3 is 6.09 Å². The number of nitrogens with zero attached hydrogens (tertiary/aromatic N) is 3. The molecule has 0 aliphatic heterocycles. The third-order valence-electron chi connectivity index (χ3n) is 3.13. The number of halogens is 1. The summed E-state index contributed by atoms with van der Waals surface area (Å²) >= 11 is 0. The number of aromatic nitrogens is 2. The second kappa shape index (κ2) is 4.90. The van der Waals surface area contributed by atoms with Gasteiger partial charge in [0, 0.05) is 11.5 Å². The number of fused-ring (bicyclic) bond motifs is 1. The summed E-state index contributed by atoms with van der Waals surface area (Å²) in [5.41, 5.74) is 1.75. The van der Waals surface area contributed by atoms with E-state index < -0.39 is 11.9 Å². The Balaban J connectivity index is 2.20. The van der Waals surface area contributed by atoms with Crippen LogP contribution in [0.4, 0.5) is 14.9 Å². The van der Waals surface area contributed by atoms with E-state index >= 15 is 0 Å². The maximum Gasteiger partial charge on any atom is 0.432 e. The molecular weight excluding hydrogens is 273 g/mol. The first-order valence-electron chi connectivity index (χ1n) is 6.29. The molecule has 0 bridgehead atoms. The smallest absolute Gasteiger partial charge is 0.432 e. The van der Waals surface area contributed by atoms with Crippen LogP contribution in [0.3, 0.4) is 0 Å². The van der Waals surface area contributed by atoms with Crippen molar-refractivity contribution in [1.29, 1.82) is 0 Å². The molecule has 6 heteroatoms. The average Bonchev–Trinajstić information content (AvgIpc) is 2.82. The van der Waals surface area contributed by atoms with Crippen LogP contribution in [-0.2, 0) is 0 Å². The summed E-state index contributed by atoms with van der Waals surface area (Å²) in [6.07, 6.45) is 0.301. The van der Waals surface area contributed by atoms with Gasteiger partial charge in [-0.15, -0.1) is 0 Å². The molecule has 0 radical (unpaired) electrons. The van der Waals surface area contributed by atoms with E-state index in [9.17, 15) is 14.3 Å². The van der Waals surface area contributed by atoms with Crippen molar-refractivity contribution in [3.63, 3.8) is 0 Å². The summed E-state index contributed by atoms with van der Waals surface area (Å²) in [5.74, 6) is -0.446. The number of hydrogen-bond donors (Lipinski definition) is 1. The maximum atomic E-state index is 13.4. The number of hydrogen-bond acceptors (Lipinski definition) is 2. The first-order valence-corrected chi connectivity index (χ1v) is 6.29. The van der Waals surface area contributed by atoms with E-state index in [0.717, 1.165) is 10.6 Å². The normalized spacial score (nSPS) is 10.8. The van der Waals surface area contributed by atoms with Gasteiger partial charge in [-0.25, -0.2) is 9.18 Å². The standard InChI is InChI=1S/C15H12FN3O2/c1-10-3-2-4-13(7-10)18(15(20)21)19-14-8-12(16)6-5-11(14)9-17-19/h2-9H,1H3,(H,20,21). The molecule has 0 saturated carbocycles. The molecule has 106 valence electrons. The molecule has 3 aromatic rings. The van der Waals surface area contributed by atoms with Crippen molar-refractivity contribution in [2.45, 2.75) is 6.92 Å². The van der Waals surface area contributed by atoms with Crippen LogP contribution in [0, 0.1) is 12.7 Å². The summed E-state index contributed by atoms with van der Waals surface area (Å²) in [6.45, 7) is 1.87. The summed E-state index contributed by atoms with van der Waals surface area (Å²) in [6, 6.07) is 11.1. The minimum atomic E-state index is -1.20. The second-order valence-electron chi connectivity index (χ2n) is 4.67. The molecule has 0 fully saturated rings. The topological polar surface area (TPSA) is 58.4 Å². The lowest BCUT2D eigenvalue weighted by atomic mass is 10.2. The molecule has 0 saturated heterocycles. The molecule has 5 nitrogen and oxygen atoms in total. The van der Waals surface area contributed by atoms with Crippen LogP contribution >= 0.6 is 0 Å². The van der Waals surface area contributed by atoms with E-state index in [2.05, 4.69) is 5.10 Å². The third-order valence-corrected chi connectivity index (χ3v) is 3.13. The highest BCUT2D eigenvalue weighted by Crippen LogP contribution is 2.21. The fourth-order valence-electron chi connectivity index (χ4n) is 2.20. The van der Waals surface area contributed by atoms with E-state index in [1.54, 1.807) is 24.3 Å². The second-order valence-corrected chi connectivity index (χ2v) is 4.67. The average molecular weight is 285 g/mol. The zero-order valence-electron chi connectivity index (χ0n) is 11.2. The molecule has 0 spiro atoms. The Morgan fingerprint density at radius 2 is 2.10 bits per heavy atom. The van der Waals surface area contributed by atoms with Crippen molar-refractivity contribution in [1.82, 2.24) is 9.89 Å². The highest BCUT2D eigenvalue weighted by atomic mass is 19.1. The lowest BCUT2D eigenvalue weighted by Crippen LogP contribution is -2.35. The molecule has 0 atom stereocenters. The Kier molecular flexibility index (Phi) is 3.06. The molecule has 1 amide bonds. The number of benzene rings is 2. The zero-order chi connectivity index (χ0) is 15.0. The number of aryl methyl sites for hydroxylation is 1. The lowest BCUT2D eigenvalue weighted by Gasteiger charge is -2.20. The maximum absolute atomic E-state index is 13.4. The summed E-state index contributed by atoms with van der Waals surface area (Å²) < 4.78 is 13.4. The van der Waals surface area contributed by atoms with Crippen molar-refractivity contribution >= 4 is 22.7 Å². The van der Waals surface area contributed by atoms with E-state index in [-0.39, 0.29) is 0 Å². The third kappa shape index (κ3) is 2.31. The molecule has 1 heterocycles. The SMILES string of the molecule is Cc1cccc(N(C(=O)O)n2ncc3ccc(F)cc32)c1. The first-order chi connectivity index (χ1) is 10.1. The van der Waals surface area contributed by atoms with Gasteiger partial charge in [0.15, 0.2) is 0 Å². The minimum absolute atomic E-state index is 0.388. The number of rotatable bonds is 2. The lowest BCUT2D eigenvalue weighted by molar-refractivity contribution is 0.198. The van der Waals surface area contributed by atoms with Crippen molar-refractivity contribution in [2.75, 3.05) is 5.01 Å². The molecule has 0 aliphatic carbocycles. The van der Waals surface area contributed by atoms with Crippen molar-refractivity contribution in [3.05, 3.63) is 60.0 Å². The van der Waals surface area contributed by atoms with Gasteiger partial charge in [0.05, 0.1) is 17.4 Å². The molecule has 21 heavy (non-hydrogen) atoms. The summed E-state index contributed by atoms with van der Waals surface area (Å²) in [4.78, 5) is 12.8. The Labute approximate surface area is 119 Å². The molecule has 0 unspecified atom stereocenters. The van der Waals surface area contributed by atoms with Gasteiger partial charge in [-0.3, -0.25) is 0 Å². The molecule has 0 aliphatic rings. The highest BCUT2D eigenvalue weighted by Gasteiger charge is 2.20. The highest BCUT2D eigenvalue weighted by molar-refractivity contribution is 5.89. The fraction of sp³-hybridized carbons (Fsp3) is 0.0667. The molecule has 1 aromatic heterocycles. The van der Waals surface area contributed by atoms with Crippen LogP contribution in [0.25, 0.3) is 10.9 Å². The monoisotopic (exact) mass is 285 g/mol. The van der Waals surface area contributed by atoms with Crippen molar-refractivity contribution in [2.24, 2.45) is 0 Å². The van der Waals surface area contributed by atoms with Crippen LogP contribution in [0.5, 0.6) is 0 Å². The van der Waals surface area contributed by atoms with Gasteiger partial charge in [0.25, 0.3) is 0 Å². The van der Waals surface area contributed by atoms with E-state index in [1.807, 2.05) is 13.0 Å². The quantitative estimate of drug-likeness (QED) is 0.784. The number of amides is 1. The van der Waals surface area contributed by atoms with Crippen LogP contribution in [0.1, 0.15) is 5.56 Å². The van der Waals surface area contributed by atoms with E-state index in [4.69, 9.17) is 0 Å².